The van der Waals surface area contributed by atoms with E-state index < -0.39 is 6.10 Å². The summed E-state index contributed by atoms with van der Waals surface area (Å²) in [5.41, 5.74) is 2.07. The molecule has 80 valence electrons. The molecule has 0 saturated carbocycles. The van der Waals surface area contributed by atoms with Crippen LogP contribution in [0.5, 0.6) is 0 Å². The molecule has 15 heavy (non-hydrogen) atoms. The predicted octanol–water partition coefficient (Wildman–Crippen LogP) is 2.93. The number of nitrogens with zero attached hydrogens (tertiary/aromatic N) is 1. The van der Waals surface area contributed by atoms with Crippen molar-refractivity contribution in [3.8, 4) is 6.07 Å². The Kier molecular flexibility index (Phi) is 3.49. The van der Waals surface area contributed by atoms with Gasteiger partial charge in [-0.3, -0.25) is 0 Å². The van der Waals surface area contributed by atoms with E-state index in [1.165, 1.54) is 5.56 Å². The molecule has 0 aromatic heterocycles. The second-order valence-electron chi connectivity index (χ2n) is 4.75. The minimum atomic E-state index is -0.669. The minimum absolute atomic E-state index is 0.0718. The summed E-state index contributed by atoms with van der Waals surface area (Å²) in [6.07, 6.45) is -0.523. The number of benzene rings is 1. The van der Waals surface area contributed by atoms with Crippen molar-refractivity contribution >= 4 is 0 Å². The zero-order chi connectivity index (χ0) is 11.5. The average molecular weight is 203 g/mol. The van der Waals surface area contributed by atoms with Gasteiger partial charge in [-0.2, -0.15) is 5.26 Å². The van der Waals surface area contributed by atoms with Crippen LogP contribution in [0.4, 0.5) is 0 Å². The van der Waals surface area contributed by atoms with Gasteiger partial charge in [0.15, 0.2) is 0 Å². The maximum absolute atomic E-state index is 9.69. The van der Waals surface area contributed by atoms with Gasteiger partial charge in [0.1, 0.15) is 0 Å². The van der Waals surface area contributed by atoms with Crippen molar-refractivity contribution in [1.82, 2.24) is 0 Å². The Labute approximate surface area is 91.2 Å². The smallest absolute Gasteiger partial charge is 0.0920 e. The van der Waals surface area contributed by atoms with E-state index in [9.17, 15) is 5.11 Å². The standard InChI is InChI=1S/C13H17NO/c1-13(2,3)11-6-4-5-10(9-11)12(15)7-8-14/h4-6,9,12,15H,7H2,1-3H3. The van der Waals surface area contributed by atoms with Crippen LogP contribution in [0, 0.1) is 11.3 Å². The number of hydrogen-bond acceptors (Lipinski definition) is 2. The van der Waals surface area contributed by atoms with Gasteiger partial charge >= 0.3 is 0 Å². The molecule has 2 heteroatoms. The van der Waals surface area contributed by atoms with E-state index in [1.807, 2.05) is 30.3 Å². The summed E-state index contributed by atoms with van der Waals surface area (Å²) in [6.45, 7) is 6.38. The lowest BCUT2D eigenvalue weighted by atomic mass is 9.85. The van der Waals surface area contributed by atoms with Crippen molar-refractivity contribution < 1.29 is 5.11 Å². The molecule has 0 bridgehead atoms. The second kappa shape index (κ2) is 4.46. The third-order valence-corrected chi connectivity index (χ3v) is 2.42. The Hall–Kier alpha value is -1.33. The first-order chi connectivity index (χ1) is 6.95. The van der Waals surface area contributed by atoms with Crippen LogP contribution in [-0.4, -0.2) is 5.11 Å². The van der Waals surface area contributed by atoms with E-state index in [0.29, 0.717) is 0 Å². The van der Waals surface area contributed by atoms with Crippen molar-refractivity contribution in [2.75, 3.05) is 0 Å². The molecular weight excluding hydrogens is 186 g/mol. The molecule has 1 rings (SSSR count). The molecule has 0 aliphatic rings. The lowest BCUT2D eigenvalue weighted by Crippen LogP contribution is -2.11. The number of nitriles is 1. The number of hydrogen-bond donors (Lipinski definition) is 1. The van der Waals surface area contributed by atoms with Crippen LogP contribution in [0.25, 0.3) is 0 Å². The van der Waals surface area contributed by atoms with Gasteiger partial charge in [0.25, 0.3) is 0 Å². The molecular formula is C13H17NO. The average Bonchev–Trinajstić information content (AvgIpc) is 2.17. The lowest BCUT2D eigenvalue weighted by molar-refractivity contribution is 0.183. The first-order valence-electron chi connectivity index (χ1n) is 5.10. The normalized spacial score (nSPS) is 13.3. The van der Waals surface area contributed by atoms with Gasteiger partial charge in [-0.05, 0) is 16.5 Å². The Balaban J connectivity index is 2.99. The summed E-state index contributed by atoms with van der Waals surface area (Å²) in [4.78, 5) is 0. The highest BCUT2D eigenvalue weighted by Crippen LogP contribution is 2.25. The molecule has 0 fully saturated rings. The molecule has 1 unspecified atom stereocenters. The van der Waals surface area contributed by atoms with Crippen LogP contribution in [0.2, 0.25) is 0 Å². The van der Waals surface area contributed by atoms with Crippen molar-refractivity contribution in [3.05, 3.63) is 35.4 Å². The fraction of sp³-hybridized carbons (Fsp3) is 0.462. The Morgan fingerprint density at radius 2 is 2.07 bits per heavy atom. The third-order valence-electron chi connectivity index (χ3n) is 2.42. The topological polar surface area (TPSA) is 44.0 Å². The summed E-state index contributed by atoms with van der Waals surface area (Å²) in [5.74, 6) is 0. The van der Waals surface area contributed by atoms with Crippen molar-refractivity contribution in [2.24, 2.45) is 0 Å². The van der Waals surface area contributed by atoms with Gasteiger partial charge < -0.3 is 5.11 Å². The summed E-state index contributed by atoms with van der Waals surface area (Å²) < 4.78 is 0. The maximum atomic E-state index is 9.69. The first-order valence-corrected chi connectivity index (χ1v) is 5.10. The predicted molar refractivity (Wildman–Crippen MR) is 60.3 cm³/mol. The lowest BCUT2D eigenvalue weighted by Gasteiger charge is -2.20. The highest BCUT2D eigenvalue weighted by Gasteiger charge is 2.15. The molecule has 0 aliphatic carbocycles. The second-order valence-corrected chi connectivity index (χ2v) is 4.75. The Morgan fingerprint density at radius 3 is 2.60 bits per heavy atom. The fourth-order valence-electron chi connectivity index (χ4n) is 1.42. The Morgan fingerprint density at radius 1 is 1.40 bits per heavy atom. The quantitative estimate of drug-likeness (QED) is 0.803. The molecule has 1 N–H and O–H groups in total. The van der Waals surface area contributed by atoms with Gasteiger partial charge in [0, 0.05) is 0 Å². The molecule has 0 saturated heterocycles. The van der Waals surface area contributed by atoms with Gasteiger partial charge in [-0.15, -0.1) is 0 Å². The molecule has 0 amide bonds. The van der Waals surface area contributed by atoms with E-state index in [-0.39, 0.29) is 11.8 Å². The van der Waals surface area contributed by atoms with Crippen molar-refractivity contribution in [2.45, 2.75) is 38.7 Å². The van der Waals surface area contributed by atoms with Crippen LogP contribution in [0.1, 0.15) is 44.4 Å². The van der Waals surface area contributed by atoms with Crippen molar-refractivity contribution in [3.63, 3.8) is 0 Å². The van der Waals surface area contributed by atoms with E-state index in [1.54, 1.807) is 0 Å². The molecule has 1 atom stereocenters. The number of aliphatic hydroxyl groups excluding tert-OH is 1. The summed E-state index contributed by atoms with van der Waals surface area (Å²) in [6, 6.07) is 9.78. The molecule has 2 nitrogen and oxygen atoms in total. The van der Waals surface area contributed by atoms with Gasteiger partial charge in [0.2, 0.25) is 0 Å². The SMILES string of the molecule is CC(C)(C)c1cccc(C(O)CC#N)c1. The monoisotopic (exact) mass is 203 g/mol. The summed E-state index contributed by atoms with van der Waals surface area (Å²) in [7, 11) is 0. The first kappa shape index (κ1) is 11.7. The highest BCUT2D eigenvalue weighted by molar-refractivity contribution is 5.30. The van der Waals surface area contributed by atoms with Crippen molar-refractivity contribution in [1.29, 1.82) is 5.26 Å². The van der Waals surface area contributed by atoms with E-state index in [4.69, 9.17) is 5.26 Å². The molecule has 1 aromatic rings. The summed E-state index contributed by atoms with van der Waals surface area (Å²) >= 11 is 0. The van der Waals surface area contributed by atoms with E-state index >= 15 is 0 Å². The van der Waals surface area contributed by atoms with Crippen LogP contribution in [-0.2, 0) is 5.41 Å². The van der Waals surface area contributed by atoms with Gasteiger partial charge in [-0.1, -0.05) is 45.0 Å². The fourth-order valence-corrected chi connectivity index (χ4v) is 1.42. The van der Waals surface area contributed by atoms with E-state index in [0.717, 1.165) is 5.56 Å². The van der Waals surface area contributed by atoms with Crippen LogP contribution < -0.4 is 0 Å². The van der Waals surface area contributed by atoms with Crippen LogP contribution in [0.15, 0.2) is 24.3 Å². The molecule has 1 aromatic carbocycles. The Bertz CT molecular complexity index is 371. The van der Waals surface area contributed by atoms with E-state index in [2.05, 4.69) is 20.8 Å². The molecule has 0 spiro atoms. The molecule has 0 heterocycles. The van der Waals surface area contributed by atoms with Crippen LogP contribution in [0.3, 0.4) is 0 Å². The van der Waals surface area contributed by atoms with Gasteiger partial charge in [-0.25, -0.2) is 0 Å². The molecule has 0 radical (unpaired) electrons. The zero-order valence-corrected chi connectivity index (χ0v) is 9.49. The third kappa shape index (κ3) is 3.07. The maximum Gasteiger partial charge on any atom is 0.0920 e. The molecule has 0 aliphatic heterocycles. The van der Waals surface area contributed by atoms with Crippen LogP contribution >= 0.6 is 0 Å². The summed E-state index contributed by atoms with van der Waals surface area (Å²) in [5, 5.41) is 18.2. The van der Waals surface area contributed by atoms with Gasteiger partial charge in [0.05, 0.1) is 18.6 Å². The zero-order valence-electron chi connectivity index (χ0n) is 9.49. The number of aliphatic hydroxyl groups is 1. The minimum Gasteiger partial charge on any atom is -0.387 e. The highest BCUT2D eigenvalue weighted by atomic mass is 16.3. The largest absolute Gasteiger partial charge is 0.387 e. The number of rotatable bonds is 2.